The summed E-state index contributed by atoms with van der Waals surface area (Å²) in [5, 5.41) is 10.3. The lowest BCUT2D eigenvalue weighted by atomic mass is 10.4. The zero-order chi connectivity index (χ0) is 10.5. The van der Waals surface area contributed by atoms with Crippen LogP contribution in [0.25, 0.3) is 6.08 Å². The van der Waals surface area contributed by atoms with E-state index in [0.29, 0.717) is 0 Å². The first-order chi connectivity index (χ1) is 7.38. The molecule has 0 unspecified atom stereocenters. The molecule has 3 nitrogen and oxygen atoms in total. The summed E-state index contributed by atoms with van der Waals surface area (Å²) >= 11 is 1.70. The molecule has 0 aliphatic heterocycles. The van der Waals surface area contributed by atoms with Crippen LogP contribution in [0.5, 0.6) is 0 Å². The first-order valence-corrected chi connectivity index (χ1v) is 5.49. The van der Waals surface area contributed by atoms with Crippen molar-refractivity contribution in [3.05, 3.63) is 46.7 Å². The Hall–Kier alpha value is -1.39. The number of nitrogens with zero attached hydrogens (tertiary/aromatic N) is 2. The van der Waals surface area contributed by atoms with Crippen molar-refractivity contribution in [2.75, 3.05) is 6.61 Å². The van der Waals surface area contributed by atoms with Gasteiger partial charge in [0.05, 0.1) is 12.9 Å². The Morgan fingerprint density at radius 1 is 1.47 bits per heavy atom. The second-order valence-corrected chi connectivity index (χ2v) is 4.31. The molecule has 2 heterocycles. The van der Waals surface area contributed by atoms with Gasteiger partial charge in [-0.3, -0.25) is 0 Å². The molecule has 0 bridgehead atoms. The van der Waals surface area contributed by atoms with Gasteiger partial charge in [-0.05, 0) is 18.2 Å². The Labute approximate surface area is 92.3 Å². The fraction of sp³-hybridized carbons (Fsp3) is 0.182. The van der Waals surface area contributed by atoms with Crippen LogP contribution in [0, 0.1) is 0 Å². The van der Waals surface area contributed by atoms with Crippen molar-refractivity contribution in [1.29, 1.82) is 0 Å². The average molecular weight is 219 g/mol. The van der Waals surface area contributed by atoms with Crippen LogP contribution in [0.3, 0.4) is 0 Å². The van der Waals surface area contributed by atoms with E-state index in [2.05, 4.69) is 11.1 Å². The molecule has 0 spiro atoms. The van der Waals surface area contributed by atoms with E-state index < -0.39 is 0 Å². The second kappa shape index (κ2) is 4.91. The van der Waals surface area contributed by atoms with Gasteiger partial charge >= 0.3 is 0 Å². The van der Waals surface area contributed by atoms with Crippen LogP contribution in [0.15, 0.2) is 36.9 Å². The van der Waals surface area contributed by atoms with Gasteiger partial charge in [-0.15, -0.1) is 11.3 Å². The van der Waals surface area contributed by atoms with Crippen molar-refractivity contribution in [2.45, 2.75) is 6.54 Å². The lowest BCUT2D eigenvalue weighted by Gasteiger charge is -1.96. The lowest BCUT2D eigenvalue weighted by Crippen LogP contribution is -1.92. The summed E-state index contributed by atoms with van der Waals surface area (Å²) in [5.41, 5.74) is 0. The maximum Gasteiger partial charge on any atom is 0.101 e. The second-order valence-electron chi connectivity index (χ2n) is 3.11. The Morgan fingerprint density at radius 2 is 2.40 bits per heavy atom. The Morgan fingerprint density at radius 3 is 3.13 bits per heavy atom. The fourth-order valence-electron chi connectivity index (χ4n) is 1.29. The van der Waals surface area contributed by atoms with Crippen molar-refractivity contribution >= 4 is 17.4 Å². The highest BCUT2D eigenvalue weighted by Crippen LogP contribution is 2.18. The minimum absolute atomic E-state index is 0.158. The molecule has 0 aromatic carbocycles. The van der Waals surface area contributed by atoms with Gasteiger partial charge in [-0.2, -0.15) is 0 Å². The highest BCUT2D eigenvalue weighted by atomic mass is 32.1. The van der Waals surface area contributed by atoms with E-state index in [1.54, 1.807) is 29.9 Å². The number of rotatable bonds is 4. The van der Waals surface area contributed by atoms with Gasteiger partial charge in [0, 0.05) is 22.1 Å². The molecule has 15 heavy (non-hydrogen) atoms. The standard InChI is InChI=1S/C11H11N2OS/c14-7-1-2-10-3-4-11(15-10)8-13-6-5-12-9-13/h1-6,9H,7-8H2. The van der Waals surface area contributed by atoms with E-state index in [1.807, 2.05) is 22.9 Å². The molecule has 0 aliphatic carbocycles. The molecule has 0 fully saturated rings. The van der Waals surface area contributed by atoms with Gasteiger partial charge in [0.25, 0.3) is 0 Å². The third kappa shape index (κ3) is 2.78. The van der Waals surface area contributed by atoms with Gasteiger partial charge in [0.1, 0.15) is 6.61 Å². The Bertz CT molecular complexity index is 431. The molecule has 0 atom stereocenters. The van der Waals surface area contributed by atoms with E-state index in [9.17, 15) is 5.11 Å². The molecular weight excluding hydrogens is 208 g/mol. The predicted octanol–water partition coefficient (Wildman–Crippen LogP) is 2.44. The van der Waals surface area contributed by atoms with Crippen LogP contribution in [-0.2, 0) is 11.7 Å². The van der Waals surface area contributed by atoms with Gasteiger partial charge in [-0.25, -0.2) is 10.1 Å². The van der Waals surface area contributed by atoms with Crippen LogP contribution in [0.2, 0.25) is 0 Å². The SMILES string of the molecule is [O]CC=Cc1ccc(Cn2ccnc2)s1. The fourth-order valence-corrected chi connectivity index (χ4v) is 2.25. The quantitative estimate of drug-likeness (QED) is 0.778. The molecule has 0 aliphatic rings. The number of aromatic nitrogens is 2. The Kier molecular flexibility index (Phi) is 3.32. The van der Waals surface area contributed by atoms with Crippen LogP contribution in [0.1, 0.15) is 9.75 Å². The van der Waals surface area contributed by atoms with Gasteiger partial charge in [0.15, 0.2) is 0 Å². The molecule has 1 radical (unpaired) electrons. The van der Waals surface area contributed by atoms with E-state index >= 15 is 0 Å². The molecule has 0 N–H and O–H groups in total. The van der Waals surface area contributed by atoms with Crippen LogP contribution < -0.4 is 0 Å². The average Bonchev–Trinajstić information content (AvgIpc) is 2.87. The normalized spacial score (nSPS) is 11.3. The van der Waals surface area contributed by atoms with Crippen LogP contribution in [0.4, 0.5) is 0 Å². The van der Waals surface area contributed by atoms with Gasteiger partial charge < -0.3 is 4.57 Å². The van der Waals surface area contributed by atoms with E-state index in [4.69, 9.17) is 0 Å². The molecule has 77 valence electrons. The number of hydrogen-bond donors (Lipinski definition) is 0. The number of hydrogen-bond acceptors (Lipinski definition) is 2. The monoisotopic (exact) mass is 219 g/mol. The smallest absolute Gasteiger partial charge is 0.101 e. The molecule has 2 aromatic rings. The van der Waals surface area contributed by atoms with E-state index in [0.717, 1.165) is 11.4 Å². The zero-order valence-electron chi connectivity index (χ0n) is 8.17. The number of imidazole rings is 1. The molecule has 4 heteroatoms. The summed E-state index contributed by atoms with van der Waals surface area (Å²) in [7, 11) is 0. The maximum atomic E-state index is 10.3. The first-order valence-electron chi connectivity index (χ1n) is 4.67. The van der Waals surface area contributed by atoms with Gasteiger partial charge in [-0.1, -0.05) is 6.08 Å². The summed E-state index contributed by atoms with van der Waals surface area (Å²) in [4.78, 5) is 6.38. The van der Waals surface area contributed by atoms with Crippen molar-refractivity contribution < 1.29 is 5.11 Å². The highest BCUT2D eigenvalue weighted by Gasteiger charge is 1.98. The van der Waals surface area contributed by atoms with E-state index in [1.165, 1.54) is 4.88 Å². The first kappa shape index (κ1) is 10.1. The van der Waals surface area contributed by atoms with Crippen molar-refractivity contribution in [3.8, 4) is 0 Å². The summed E-state index contributed by atoms with van der Waals surface area (Å²) in [6.45, 7) is 0.685. The molecule has 2 aromatic heterocycles. The summed E-state index contributed by atoms with van der Waals surface area (Å²) in [5.74, 6) is 0. The largest absolute Gasteiger partial charge is 0.332 e. The molecule has 0 saturated carbocycles. The summed E-state index contributed by atoms with van der Waals surface area (Å²) in [6.07, 6.45) is 9.01. The topological polar surface area (TPSA) is 37.7 Å². The molecule has 0 amide bonds. The van der Waals surface area contributed by atoms with Crippen LogP contribution in [-0.4, -0.2) is 16.2 Å². The molecule has 0 saturated heterocycles. The minimum Gasteiger partial charge on any atom is -0.332 e. The van der Waals surface area contributed by atoms with Crippen molar-refractivity contribution in [3.63, 3.8) is 0 Å². The zero-order valence-corrected chi connectivity index (χ0v) is 8.98. The van der Waals surface area contributed by atoms with Crippen LogP contribution >= 0.6 is 11.3 Å². The Balaban J connectivity index is 2.04. The lowest BCUT2D eigenvalue weighted by molar-refractivity contribution is 0.233. The predicted molar refractivity (Wildman–Crippen MR) is 60.2 cm³/mol. The van der Waals surface area contributed by atoms with Crippen molar-refractivity contribution in [2.24, 2.45) is 0 Å². The van der Waals surface area contributed by atoms with Crippen molar-refractivity contribution in [1.82, 2.24) is 9.55 Å². The van der Waals surface area contributed by atoms with E-state index in [-0.39, 0.29) is 6.61 Å². The third-order valence-electron chi connectivity index (χ3n) is 1.96. The maximum absolute atomic E-state index is 10.3. The molecular formula is C11H11N2OS. The third-order valence-corrected chi connectivity index (χ3v) is 2.99. The molecule has 2 rings (SSSR count). The highest BCUT2D eigenvalue weighted by molar-refractivity contribution is 7.12. The summed E-state index contributed by atoms with van der Waals surface area (Å²) < 4.78 is 2.02. The summed E-state index contributed by atoms with van der Waals surface area (Å²) in [6, 6.07) is 4.11. The minimum atomic E-state index is -0.158. The van der Waals surface area contributed by atoms with Gasteiger partial charge in [0.2, 0.25) is 0 Å². The number of thiophene rings is 1.